The molecule has 16 rings (SSSR count). The van der Waals surface area contributed by atoms with Gasteiger partial charge in [-0.15, -0.1) is 0 Å². The van der Waals surface area contributed by atoms with Crippen molar-refractivity contribution >= 4 is 76.2 Å². The summed E-state index contributed by atoms with van der Waals surface area (Å²) in [7, 11) is 0. The van der Waals surface area contributed by atoms with E-state index >= 15 is 0 Å². The normalized spacial score (nSPS) is 12.4. The Morgan fingerprint density at radius 3 is 1.12 bits per heavy atom. The first-order valence-electron chi connectivity index (χ1n) is 23.7. The Kier molecular flexibility index (Phi) is 7.10. The number of hydrogen-bond donors (Lipinski definition) is 0. The van der Waals surface area contributed by atoms with E-state index in [1.54, 1.807) is 0 Å². The molecule has 0 atom stereocenters. The molecule has 0 aliphatic heterocycles. The molecule has 4 aromatic heterocycles. The number of nitrogens with zero attached hydrogens (tertiary/aromatic N) is 2. The molecule has 312 valence electrons. The molecule has 4 heterocycles. The fraction of sp³-hybridized carbons (Fsp3) is 0. The molecule has 0 radical (unpaired) electrons. The Morgan fingerprint density at radius 2 is 0.574 bits per heavy atom. The monoisotopic (exact) mass is 858 g/mol. The summed E-state index contributed by atoms with van der Waals surface area (Å²) < 4.78 is 5.23. The van der Waals surface area contributed by atoms with Crippen molar-refractivity contribution in [3.8, 4) is 77.9 Å². The van der Waals surface area contributed by atoms with Gasteiger partial charge in [-0.05, 0) is 109 Å². The van der Waals surface area contributed by atoms with Crippen LogP contribution >= 0.6 is 0 Å². The van der Waals surface area contributed by atoms with Gasteiger partial charge >= 0.3 is 0 Å². The molecule has 0 saturated carbocycles. The number of para-hydroxylation sites is 3. The van der Waals surface area contributed by atoms with Crippen LogP contribution in [0.3, 0.4) is 0 Å². The summed E-state index contributed by atoms with van der Waals surface area (Å²) in [6, 6.07) is 86.3. The predicted molar refractivity (Wildman–Crippen MR) is 287 cm³/mol. The maximum atomic E-state index is 2.67. The van der Waals surface area contributed by atoms with Crippen LogP contribution in [0.5, 0.6) is 0 Å². The second kappa shape index (κ2) is 13.3. The summed E-state index contributed by atoms with van der Waals surface area (Å²) in [5.74, 6) is 0. The lowest BCUT2D eigenvalue weighted by atomic mass is 9.79. The first kappa shape index (κ1) is 36.3. The summed E-state index contributed by atoms with van der Waals surface area (Å²) in [6.07, 6.45) is 0. The maximum absolute atomic E-state index is 2.67. The molecule has 68 heavy (non-hydrogen) atoms. The molecule has 11 aromatic carbocycles. The molecule has 0 saturated heterocycles. The molecule has 0 spiro atoms. The van der Waals surface area contributed by atoms with Crippen molar-refractivity contribution < 1.29 is 0 Å². The van der Waals surface area contributed by atoms with Crippen LogP contribution in [-0.4, -0.2) is 8.80 Å². The Balaban J connectivity index is 1.21. The first-order chi connectivity index (χ1) is 33.8. The van der Waals surface area contributed by atoms with Crippen LogP contribution < -0.4 is 0 Å². The van der Waals surface area contributed by atoms with E-state index in [0.717, 1.165) is 0 Å². The lowest BCUT2D eigenvalue weighted by Crippen LogP contribution is -1.97. The Morgan fingerprint density at radius 1 is 0.206 bits per heavy atom. The Bertz CT molecular complexity index is 4530. The molecule has 0 N–H and O–H groups in total. The molecule has 0 unspecified atom stereocenters. The second-order valence-electron chi connectivity index (χ2n) is 18.7. The number of hydrogen-bond acceptors (Lipinski definition) is 0. The first-order valence-corrected chi connectivity index (χ1v) is 23.7. The summed E-state index contributed by atoms with van der Waals surface area (Å²) >= 11 is 0. The summed E-state index contributed by atoms with van der Waals surface area (Å²) in [5.41, 5.74) is 24.9. The van der Waals surface area contributed by atoms with E-state index in [9.17, 15) is 0 Å². The van der Waals surface area contributed by atoms with E-state index in [2.05, 4.69) is 239 Å². The lowest BCUT2D eigenvalue weighted by Gasteiger charge is -2.24. The van der Waals surface area contributed by atoms with Crippen molar-refractivity contribution in [2.45, 2.75) is 0 Å². The zero-order valence-corrected chi connectivity index (χ0v) is 36.8. The van der Waals surface area contributed by atoms with E-state index in [-0.39, 0.29) is 0 Å². The minimum absolute atomic E-state index is 1.20. The standard InChI is InChI=1S/C66H38N2/c1-3-19-39(20-4-1)41-35-42(40-21-5-2-6-22-40)37-43(36-41)58-60-50-29-13-16-32-55(50)67-56-33-17-15-31-52(56)63(65(60)67)66-62(58)54-38-53-48-27-10-9-25-46(48)44-23-7-8-24-45(44)47-26-11-12-28-49(47)59(53)61-51-30-14-18-34-57(51)68(66)64(54)61/h1-38H. The average molecular weight is 859 g/mol. The van der Waals surface area contributed by atoms with Crippen LogP contribution in [0, 0.1) is 0 Å². The number of aromatic nitrogens is 2. The smallest absolute Gasteiger partial charge is 0.0648 e. The lowest BCUT2D eigenvalue weighted by molar-refractivity contribution is 1.36. The van der Waals surface area contributed by atoms with Crippen LogP contribution in [0.15, 0.2) is 231 Å². The summed E-state index contributed by atoms with van der Waals surface area (Å²) in [6.45, 7) is 0. The fourth-order valence-corrected chi connectivity index (χ4v) is 12.7. The second-order valence-corrected chi connectivity index (χ2v) is 18.7. The van der Waals surface area contributed by atoms with E-state index in [1.165, 1.54) is 154 Å². The van der Waals surface area contributed by atoms with Gasteiger partial charge in [-0.1, -0.05) is 188 Å². The van der Waals surface area contributed by atoms with Crippen molar-refractivity contribution in [2.75, 3.05) is 0 Å². The van der Waals surface area contributed by atoms with Gasteiger partial charge in [0, 0.05) is 54.2 Å². The van der Waals surface area contributed by atoms with Crippen LogP contribution in [0.1, 0.15) is 0 Å². The van der Waals surface area contributed by atoms with Gasteiger partial charge in [0.15, 0.2) is 0 Å². The third-order valence-electron chi connectivity index (χ3n) is 15.3. The van der Waals surface area contributed by atoms with Crippen LogP contribution in [-0.2, 0) is 0 Å². The molecule has 15 aromatic rings. The number of rotatable bonds is 3. The molecule has 2 nitrogen and oxygen atoms in total. The van der Waals surface area contributed by atoms with Crippen LogP contribution in [0.4, 0.5) is 0 Å². The summed E-state index contributed by atoms with van der Waals surface area (Å²) in [4.78, 5) is 0. The quantitative estimate of drug-likeness (QED) is 0.167. The predicted octanol–water partition coefficient (Wildman–Crippen LogP) is 18.0. The van der Waals surface area contributed by atoms with Crippen molar-refractivity contribution in [1.82, 2.24) is 8.80 Å². The van der Waals surface area contributed by atoms with Gasteiger partial charge in [0.2, 0.25) is 0 Å². The molecule has 1 aliphatic rings. The van der Waals surface area contributed by atoms with Gasteiger partial charge < -0.3 is 8.80 Å². The zero-order valence-electron chi connectivity index (χ0n) is 36.8. The molecule has 1 aliphatic carbocycles. The topological polar surface area (TPSA) is 8.82 Å². The van der Waals surface area contributed by atoms with Gasteiger partial charge in [0.05, 0.1) is 33.1 Å². The molecule has 0 bridgehead atoms. The van der Waals surface area contributed by atoms with E-state index < -0.39 is 0 Å². The summed E-state index contributed by atoms with van der Waals surface area (Å²) in [5, 5.41) is 10.3. The highest BCUT2D eigenvalue weighted by Crippen LogP contribution is 2.58. The highest BCUT2D eigenvalue weighted by molar-refractivity contribution is 6.42. The fourth-order valence-electron chi connectivity index (χ4n) is 12.7. The average Bonchev–Trinajstić information content (AvgIpc) is 4.14. The Labute approximate surface area is 391 Å². The van der Waals surface area contributed by atoms with E-state index in [1.807, 2.05) is 0 Å². The highest BCUT2D eigenvalue weighted by Gasteiger charge is 2.33. The van der Waals surface area contributed by atoms with E-state index in [0.29, 0.717) is 0 Å². The van der Waals surface area contributed by atoms with Gasteiger partial charge in [-0.25, -0.2) is 0 Å². The van der Waals surface area contributed by atoms with Gasteiger partial charge in [0.1, 0.15) is 0 Å². The molecule has 0 amide bonds. The van der Waals surface area contributed by atoms with Crippen LogP contribution in [0.2, 0.25) is 0 Å². The van der Waals surface area contributed by atoms with Crippen molar-refractivity contribution in [3.63, 3.8) is 0 Å². The largest absolute Gasteiger partial charge is 0.308 e. The third kappa shape index (κ3) is 4.61. The van der Waals surface area contributed by atoms with Crippen molar-refractivity contribution in [1.29, 1.82) is 0 Å². The van der Waals surface area contributed by atoms with Gasteiger partial charge in [-0.2, -0.15) is 0 Å². The molecular weight excluding hydrogens is 821 g/mol. The number of fused-ring (bicyclic) bond motifs is 22. The van der Waals surface area contributed by atoms with E-state index in [4.69, 9.17) is 0 Å². The van der Waals surface area contributed by atoms with Crippen LogP contribution in [0.25, 0.3) is 154 Å². The molecule has 2 heteroatoms. The van der Waals surface area contributed by atoms with Crippen molar-refractivity contribution in [2.24, 2.45) is 0 Å². The number of benzene rings is 11. The zero-order chi connectivity index (χ0) is 44.2. The minimum atomic E-state index is 1.20. The minimum Gasteiger partial charge on any atom is -0.308 e. The molecule has 0 fully saturated rings. The van der Waals surface area contributed by atoms with Crippen molar-refractivity contribution in [3.05, 3.63) is 231 Å². The highest BCUT2D eigenvalue weighted by atomic mass is 15.0. The van der Waals surface area contributed by atoms with Gasteiger partial charge in [-0.3, -0.25) is 0 Å². The molecular formula is C66H38N2. The third-order valence-corrected chi connectivity index (χ3v) is 15.3. The van der Waals surface area contributed by atoms with Gasteiger partial charge in [0.25, 0.3) is 0 Å². The SMILES string of the molecule is c1ccc(-c2cc(-c3ccccc3)cc(-c3c4c5ccccc5n5c6ccccc6c(c45)c4c3c3cc5c(c6c7ccccc7n4c36)-c3ccccc3-c3ccccc3-c3ccccc3-5)c2)cc1. The Hall–Kier alpha value is -8.98. The maximum Gasteiger partial charge on any atom is 0.0648 e.